The monoisotopic (exact) mass is 329 g/mol. The molecule has 2 heterocycles. The van der Waals surface area contributed by atoms with Crippen LogP contribution in [0.15, 0.2) is 47.1 Å². The molecule has 0 radical (unpaired) electrons. The number of furan rings is 1. The Balaban J connectivity index is 1.50. The van der Waals surface area contributed by atoms with Crippen molar-refractivity contribution in [1.29, 1.82) is 0 Å². The zero-order valence-electron chi connectivity index (χ0n) is 13.4. The van der Waals surface area contributed by atoms with Gasteiger partial charge in [-0.15, -0.1) is 0 Å². The number of piperidine rings is 1. The topological polar surface area (TPSA) is 40.4 Å². The zero-order valence-corrected chi connectivity index (χ0v) is 14.2. The van der Waals surface area contributed by atoms with Crippen LogP contribution in [0.3, 0.4) is 0 Å². The smallest absolute Gasteiger partial charge is 0.171 e. The van der Waals surface area contributed by atoms with Crippen molar-refractivity contribution in [2.24, 2.45) is 5.92 Å². The van der Waals surface area contributed by atoms with Gasteiger partial charge in [-0.2, -0.15) is 0 Å². The van der Waals surface area contributed by atoms with Crippen LogP contribution in [-0.4, -0.2) is 18.2 Å². The summed E-state index contributed by atoms with van der Waals surface area (Å²) in [6.07, 6.45) is 4.22. The van der Waals surface area contributed by atoms with Crippen LogP contribution in [-0.2, 0) is 6.54 Å². The predicted molar refractivity (Wildman–Crippen MR) is 98.8 cm³/mol. The first-order valence-corrected chi connectivity index (χ1v) is 8.54. The lowest BCUT2D eigenvalue weighted by atomic mass is 9.99. The first kappa shape index (κ1) is 15.9. The number of thiocarbonyl (C=S) groups is 1. The second-order valence-corrected chi connectivity index (χ2v) is 6.51. The highest BCUT2D eigenvalue weighted by atomic mass is 32.1. The van der Waals surface area contributed by atoms with Gasteiger partial charge >= 0.3 is 0 Å². The molecule has 0 atom stereocenters. The van der Waals surface area contributed by atoms with Crippen LogP contribution in [0, 0.1) is 5.92 Å². The molecule has 0 aliphatic carbocycles. The van der Waals surface area contributed by atoms with E-state index in [9.17, 15) is 0 Å². The van der Waals surface area contributed by atoms with Crippen molar-refractivity contribution in [3.63, 3.8) is 0 Å². The van der Waals surface area contributed by atoms with Gasteiger partial charge < -0.3 is 20.0 Å². The maximum atomic E-state index is 5.31. The van der Waals surface area contributed by atoms with Crippen molar-refractivity contribution in [2.45, 2.75) is 26.3 Å². The van der Waals surface area contributed by atoms with Gasteiger partial charge in [0.2, 0.25) is 0 Å². The van der Waals surface area contributed by atoms with Crippen molar-refractivity contribution in [3.8, 4) is 0 Å². The molecule has 1 saturated heterocycles. The Morgan fingerprint density at radius 2 is 1.96 bits per heavy atom. The Hall–Kier alpha value is -2.01. The van der Waals surface area contributed by atoms with Crippen molar-refractivity contribution < 1.29 is 4.42 Å². The Kier molecular flexibility index (Phi) is 5.18. The molecule has 0 bridgehead atoms. The number of hydrogen-bond donors (Lipinski definition) is 2. The number of rotatable bonds is 4. The fourth-order valence-electron chi connectivity index (χ4n) is 2.78. The van der Waals surface area contributed by atoms with Crippen LogP contribution in [0.2, 0.25) is 0 Å². The minimum atomic E-state index is 0.586. The summed E-state index contributed by atoms with van der Waals surface area (Å²) in [5, 5.41) is 6.93. The second kappa shape index (κ2) is 7.51. The molecule has 2 aromatic rings. The molecule has 122 valence electrons. The van der Waals surface area contributed by atoms with Gasteiger partial charge in [0.05, 0.1) is 12.8 Å². The number of hydrogen-bond acceptors (Lipinski definition) is 3. The number of benzene rings is 1. The van der Waals surface area contributed by atoms with Crippen LogP contribution < -0.4 is 15.5 Å². The fraction of sp³-hybridized carbons (Fsp3) is 0.389. The van der Waals surface area contributed by atoms with Gasteiger partial charge in [-0.25, -0.2) is 0 Å². The third-order valence-corrected chi connectivity index (χ3v) is 4.52. The Morgan fingerprint density at radius 1 is 1.22 bits per heavy atom. The van der Waals surface area contributed by atoms with Gasteiger partial charge in [-0.05, 0) is 67.4 Å². The maximum Gasteiger partial charge on any atom is 0.171 e. The average molecular weight is 329 g/mol. The van der Waals surface area contributed by atoms with E-state index >= 15 is 0 Å². The molecule has 0 saturated carbocycles. The zero-order chi connectivity index (χ0) is 16.1. The number of nitrogens with one attached hydrogen (secondary N) is 2. The second-order valence-electron chi connectivity index (χ2n) is 6.10. The van der Waals surface area contributed by atoms with Crippen LogP contribution >= 0.6 is 12.2 Å². The number of nitrogens with zero attached hydrogens (tertiary/aromatic N) is 1. The molecule has 0 unspecified atom stereocenters. The first-order chi connectivity index (χ1) is 11.2. The average Bonchev–Trinajstić information content (AvgIpc) is 3.08. The van der Waals surface area contributed by atoms with E-state index < -0.39 is 0 Å². The largest absolute Gasteiger partial charge is 0.467 e. The summed E-state index contributed by atoms with van der Waals surface area (Å²) in [6.45, 7) is 5.22. The van der Waals surface area contributed by atoms with Gasteiger partial charge in [0.15, 0.2) is 5.11 Å². The standard InChI is InChI=1S/C18H23N3OS/c1-14-8-10-21(11-9-14)16-6-4-15(5-7-16)20-18(23)19-13-17-3-2-12-22-17/h2-7,12,14H,8-11,13H2,1H3,(H2,19,20,23). The summed E-state index contributed by atoms with van der Waals surface area (Å²) in [5.41, 5.74) is 2.29. The molecular formula is C18H23N3OS. The molecule has 2 N–H and O–H groups in total. The summed E-state index contributed by atoms with van der Waals surface area (Å²) in [4.78, 5) is 2.46. The molecule has 3 rings (SSSR count). The highest BCUT2D eigenvalue weighted by Gasteiger charge is 2.15. The van der Waals surface area contributed by atoms with Crippen LogP contribution in [0.5, 0.6) is 0 Å². The molecule has 4 nitrogen and oxygen atoms in total. The highest BCUT2D eigenvalue weighted by molar-refractivity contribution is 7.80. The van der Waals surface area contributed by atoms with E-state index in [0.717, 1.165) is 30.5 Å². The fourth-order valence-corrected chi connectivity index (χ4v) is 2.97. The van der Waals surface area contributed by atoms with E-state index in [0.29, 0.717) is 11.7 Å². The summed E-state index contributed by atoms with van der Waals surface area (Å²) in [5.74, 6) is 1.72. The first-order valence-electron chi connectivity index (χ1n) is 8.13. The Bertz CT molecular complexity index is 616. The molecule has 5 heteroatoms. The molecule has 1 aromatic heterocycles. The van der Waals surface area contributed by atoms with Crippen LogP contribution in [0.4, 0.5) is 11.4 Å². The van der Waals surface area contributed by atoms with E-state index in [1.54, 1.807) is 6.26 Å². The lowest BCUT2D eigenvalue weighted by Crippen LogP contribution is -2.32. The third-order valence-electron chi connectivity index (χ3n) is 4.28. The van der Waals surface area contributed by atoms with Crippen molar-refractivity contribution in [3.05, 3.63) is 48.4 Å². The molecule has 1 aromatic carbocycles. The molecule has 0 amide bonds. The molecule has 1 aliphatic rings. The van der Waals surface area contributed by atoms with Crippen LogP contribution in [0.25, 0.3) is 0 Å². The van der Waals surface area contributed by atoms with E-state index in [1.807, 2.05) is 12.1 Å². The maximum absolute atomic E-state index is 5.31. The van der Waals surface area contributed by atoms with E-state index in [1.165, 1.54) is 18.5 Å². The van der Waals surface area contributed by atoms with Gasteiger partial charge in [-0.3, -0.25) is 0 Å². The third kappa shape index (κ3) is 4.48. The normalized spacial score (nSPS) is 15.4. The van der Waals surface area contributed by atoms with Gasteiger partial charge in [0, 0.05) is 24.5 Å². The Labute approximate surface area is 142 Å². The summed E-state index contributed by atoms with van der Waals surface area (Å²) >= 11 is 5.31. The van der Waals surface area contributed by atoms with E-state index in [-0.39, 0.29) is 0 Å². The van der Waals surface area contributed by atoms with E-state index in [4.69, 9.17) is 16.6 Å². The Morgan fingerprint density at radius 3 is 2.61 bits per heavy atom. The van der Waals surface area contributed by atoms with Crippen molar-refractivity contribution in [1.82, 2.24) is 5.32 Å². The SMILES string of the molecule is CC1CCN(c2ccc(NC(=S)NCc3ccco3)cc2)CC1. The summed E-state index contributed by atoms with van der Waals surface area (Å²) < 4.78 is 5.27. The van der Waals surface area contributed by atoms with Crippen molar-refractivity contribution in [2.75, 3.05) is 23.3 Å². The molecular weight excluding hydrogens is 306 g/mol. The quantitative estimate of drug-likeness (QED) is 0.830. The van der Waals surface area contributed by atoms with Crippen LogP contribution in [0.1, 0.15) is 25.5 Å². The summed E-state index contributed by atoms with van der Waals surface area (Å²) in [6, 6.07) is 12.3. The van der Waals surface area contributed by atoms with Gasteiger partial charge in [0.1, 0.15) is 5.76 Å². The lowest BCUT2D eigenvalue weighted by molar-refractivity contribution is 0.438. The predicted octanol–water partition coefficient (Wildman–Crippen LogP) is 4.00. The minimum absolute atomic E-state index is 0.586. The highest BCUT2D eigenvalue weighted by Crippen LogP contribution is 2.24. The minimum Gasteiger partial charge on any atom is -0.467 e. The molecule has 0 spiro atoms. The lowest BCUT2D eigenvalue weighted by Gasteiger charge is -2.32. The molecule has 23 heavy (non-hydrogen) atoms. The van der Waals surface area contributed by atoms with Crippen molar-refractivity contribution >= 4 is 28.7 Å². The number of anilines is 2. The summed E-state index contributed by atoms with van der Waals surface area (Å²) in [7, 11) is 0. The van der Waals surface area contributed by atoms with Gasteiger partial charge in [-0.1, -0.05) is 6.92 Å². The molecule has 1 aliphatic heterocycles. The van der Waals surface area contributed by atoms with Gasteiger partial charge in [0.25, 0.3) is 0 Å². The van der Waals surface area contributed by atoms with E-state index in [2.05, 4.69) is 46.7 Å². The molecule has 1 fully saturated rings.